The lowest BCUT2D eigenvalue weighted by atomic mass is 9.78. The minimum atomic E-state index is -0.227. The van der Waals surface area contributed by atoms with Gasteiger partial charge in [0.1, 0.15) is 5.82 Å². The van der Waals surface area contributed by atoms with E-state index in [1.165, 1.54) is 11.6 Å². The molecule has 0 radical (unpaired) electrons. The van der Waals surface area contributed by atoms with Gasteiger partial charge in [0.05, 0.1) is 16.8 Å². The van der Waals surface area contributed by atoms with E-state index >= 15 is 0 Å². The Bertz CT molecular complexity index is 1340. The van der Waals surface area contributed by atoms with Crippen molar-refractivity contribution in [3.8, 4) is 11.3 Å². The molecular formula is C28H27ClFN3O. The molecular weight excluding hydrogens is 449 g/mol. The minimum absolute atomic E-state index is 0.0861. The molecule has 0 saturated heterocycles. The van der Waals surface area contributed by atoms with E-state index in [0.29, 0.717) is 29.0 Å². The smallest absolute Gasteiger partial charge is 0.253 e. The second kappa shape index (κ2) is 9.59. The first kappa shape index (κ1) is 22.6. The van der Waals surface area contributed by atoms with E-state index in [1.807, 2.05) is 49.5 Å². The molecule has 0 aliphatic heterocycles. The van der Waals surface area contributed by atoms with Crippen LogP contribution in [0.5, 0.6) is 0 Å². The van der Waals surface area contributed by atoms with Crippen LogP contribution in [0.1, 0.15) is 53.2 Å². The number of nitrogens with zero attached hydrogens (tertiary/aromatic N) is 1. The summed E-state index contributed by atoms with van der Waals surface area (Å²) in [7, 11) is 0. The number of benzene rings is 2. The average Bonchev–Trinajstić information content (AvgIpc) is 3.24. The van der Waals surface area contributed by atoms with Gasteiger partial charge in [-0.25, -0.2) is 4.39 Å². The summed E-state index contributed by atoms with van der Waals surface area (Å²) in [5.74, 6) is 0.499. The topological polar surface area (TPSA) is 57.8 Å². The van der Waals surface area contributed by atoms with Gasteiger partial charge in [-0.1, -0.05) is 29.8 Å². The zero-order valence-electron chi connectivity index (χ0n) is 19.1. The van der Waals surface area contributed by atoms with Crippen molar-refractivity contribution in [1.29, 1.82) is 0 Å². The normalized spacial score (nSPS) is 18.2. The summed E-state index contributed by atoms with van der Waals surface area (Å²) >= 11 is 6.38. The number of rotatable bonds is 5. The Morgan fingerprint density at radius 1 is 1.12 bits per heavy atom. The molecule has 2 aromatic heterocycles. The summed E-state index contributed by atoms with van der Waals surface area (Å²) in [6, 6.07) is 16.2. The van der Waals surface area contributed by atoms with Crippen molar-refractivity contribution in [2.75, 3.05) is 6.54 Å². The van der Waals surface area contributed by atoms with Crippen LogP contribution >= 0.6 is 11.6 Å². The van der Waals surface area contributed by atoms with Crippen LogP contribution in [0, 0.1) is 18.7 Å². The van der Waals surface area contributed by atoms with Crippen LogP contribution in [-0.4, -0.2) is 22.4 Å². The molecule has 0 bridgehead atoms. The van der Waals surface area contributed by atoms with Crippen molar-refractivity contribution < 1.29 is 9.18 Å². The van der Waals surface area contributed by atoms with Gasteiger partial charge in [-0.3, -0.25) is 9.78 Å². The monoisotopic (exact) mass is 475 g/mol. The van der Waals surface area contributed by atoms with Gasteiger partial charge < -0.3 is 10.3 Å². The van der Waals surface area contributed by atoms with Gasteiger partial charge in [-0.2, -0.15) is 0 Å². The Kier molecular flexibility index (Phi) is 6.38. The summed E-state index contributed by atoms with van der Waals surface area (Å²) < 4.78 is 13.8. The third-order valence-corrected chi connectivity index (χ3v) is 7.24. The van der Waals surface area contributed by atoms with E-state index < -0.39 is 0 Å². The molecule has 2 N–H and O–H groups in total. The quantitative estimate of drug-likeness (QED) is 0.325. The number of aromatic amines is 1. The van der Waals surface area contributed by atoms with Gasteiger partial charge in [0, 0.05) is 34.4 Å². The van der Waals surface area contributed by atoms with E-state index in [2.05, 4.69) is 15.3 Å². The van der Waals surface area contributed by atoms with Crippen LogP contribution in [0.3, 0.4) is 0 Å². The lowest BCUT2D eigenvalue weighted by Crippen LogP contribution is -2.31. The summed E-state index contributed by atoms with van der Waals surface area (Å²) in [5, 5.41) is 4.66. The predicted octanol–water partition coefficient (Wildman–Crippen LogP) is 7.03. The number of carbonyl (C=O) groups excluding carboxylic acids is 1. The Hall–Kier alpha value is -3.18. The first-order chi connectivity index (χ1) is 16.5. The molecule has 1 aliphatic carbocycles. The van der Waals surface area contributed by atoms with E-state index in [0.717, 1.165) is 53.5 Å². The molecule has 6 heteroatoms. The van der Waals surface area contributed by atoms with Gasteiger partial charge in [-0.05, 0) is 86.4 Å². The maximum atomic E-state index is 13.8. The van der Waals surface area contributed by atoms with E-state index in [9.17, 15) is 9.18 Å². The van der Waals surface area contributed by atoms with Crippen molar-refractivity contribution in [1.82, 2.24) is 15.3 Å². The number of pyridine rings is 1. The standard InChI is InChI=1S/C28H27ClFN3O/c1-17-14-24(27(33-17)22-4-2-3-5-25(22)29)28(34)32-16-18-6-8-19(9-7-18)21-12-13-31-26-11-10-20(30)15-23(21)26/h2-5,10-15,18-19,33H,6-9,16H2,1H3,(H,32,34). The molecule has 2 heterocycles. The second-order valence-electron chi connectivity index (χ2n) is 9.21. The summed E-state index contributed by atoms with van der Waals surface area (Å²) in [4.78, 5) is 20.7. The van der Waals surface area contributed by atoms with Crippen LogP contribution in [0.2, 0.25) is 5.02 Å². The number of fused-ring (bicyclic) bond motifs is 1. The second-order valence-corrected chi connectivity index (χ2v) is 9.62. The fourth-order valence-electron chi connectivity index (χ4n) is 5.15. The Balaban J connectivity index is 1.23. The lowest BCUT2D eigenvalue weighted by Gasteiger charge is -2.29. The SMILES string of the molecule is Cc1cc(C(=O)NCC2CCC(c3ccnc4ccc(F)cc34)CC2)c(-c2ccccc2Cl)[nH]1. The number of carbonyl (C=O) groups is 1. The lowest BCUT2D eigenvalue weighted by molar-refractivity contribution is 0.0943. The zero-order chi connectivity index (χ0) is 23.7. The van der Waals surface area contributed by atoms with Crippen LogP contribution < -0.4 is 5.32 Å². The largest absolute Gasteiger partial charge is 0.358 e. The molecule has 1 fully saturated rings. The van der Waals surface area contributed by atoms with Gasteiger partial charge in [-0.15, -0.1) is 0 Å². The number of hydrogen-bond acceptors (Lipinski definition) is 2. The van der Waals surface area contributed by atoms with Crippen molar-refractivity contribution in [2.24, 2.45) is 5.92 Å². The third kappa shape index (κ3) is 4.58. The molecule has 1 amide bonds. The minimum Gasteiger partial charge on any atom is -0.358 e. The molecule has 5 rings (SSSR count). The van der Waals surface area contributed by atoms with Crippen molar-refractivity contribution >= 4 is 28.4 Å². The summed E-state index contributed by atoms with van der Waals surface area (Å²) in [6.45, 7) is 2.58. The van der Waals surface area contributed by atoms with E-state index in [1.54, 1.807) is 12.1 Å². The van der Waals surface area contributed by atoms with Crippen molar-refractivity contribution in [2.45, 2.75) is 38.5 Å². The Labute approximate surface area is 203 Å². The highest BCUT2D eigenvalue weighted by Crippen LogP contribution is 2.38. The van der Waals surface area contributed by atoms with Crippen LogP contribution in [0.25, 0.3) is 22.2 Å². The fourth-order valence-corrected chi connectivity index (χ4v) is 5.38. The summed E-state index contributed by atoms with van der Waals surface area (Å²) in [6.07, 6.45) is 5.90. The molecule has 0 atom stereocenters. The molecule has 174 valence electrons. The number of halogens is 2. The predicted molar refractivity (Wildman–Crippen MR) is 135 cm³/mol. The molecule has 1 aliphatic rings. The molecule has 0 unspecified atom stereocenters. The zero-order valence-corrected chi connectivity index (χ0v) is 19.8. The number of amides is 1. The molecule has 34 heavy (non-hydrogen) atoms. The van der Waals surface area contributed by atoms with Crippen molar-refractivity contribution in [3.05, 3.63) is 88.5 Å². The Morgan fingerprint density at radius 3 is 2.71 bits per heavy atom. The maximum absolute atomic E-state index is 13.8. The van der Waals surface area contributed by atoms with Crippen LogP contribution in [-0.2, 0) is 0 Å². The van der Waals surface area contributed by atoms with Crippen LogP contribution in [0.15, 0.2) is 60.8 Å². The number of H-pyrrole nitrogens is 1. The number of hydrogen-bond donors (Lipinski definition) is 2. The fraction of sp³-hybridized carbons (Fsp3) is 0.286. The Morgan fingerprint density at radius 2 is 1.91 bits per heavy atom. The average molecular weight is 476 g/mol. The van der Waals surface area contributed by atoms with Gasteiger partial charge in [0.25, 0.3) is 5.91 Å². The number of nitrogens with one attached hydrogen (secondary N) is 2. The summed E-state index contributed by atoms with van der Waals surface area (Å²) in [5.41, 5.74) is 5.12. The number of aryl methyl sites for hydroxylation is 1. The van der Waals surface area contributed by atoms with Crippen molar-refractivity contribution in [3.63, 3.8) is 0 Å². The molecule has 2 aromatic carbocycles. The van der Waals surface area contributed by atoms with Gasteiger partial charge in [0.15, 0.2) is 0 Å². The number of aromatic nitrogens is 2. The van der Waals surface area contributed by atoms with Crippen LogP contribution in [0.4, 0.5) is 4.39 Å². The third-order valence-electron chi connectivity index (χ3n) is 6.92. The van der Waals surface area contributed by atoms with Gasteiger partial charge in [0.2, 0.25) is 0 Å². The van der Waals surface area contributed by atoms with E-state index in [4.69, 9.17) is 11.6 Å². The molecule has 0 spiro atoms. The molecule has 1 saturated carbocycles. The first-order valence-corrected chi connectivity index (χ1v) is 12.1. The van der Waals surface area contributed by atoms with Gasteiger partial charge >= 0.3 is 0 Å². The highest BCUT2D eigenvalue weighted by molar-refractivity contribution is 6.33. The van der Waals surface area contributed by atoms with E-state index in [-0.39, 0.29) is 11.7 Å². The molecule has 4 aromatic rings. The highest BCUT2D eigenvalue weighted by Gasteiger charge is 2.25. The highest BCUT2D eigenvalue weighted by atomic mass is 35.5. The maximum Gasteiger partial charge on any atom is 0.253 e. The first-order valence-electron chi connectivity index (χ1n) is 11.8. The molecule has 4 nitrogen and oxygen atoms in total.